The Balaban J connectivity index is 2.70. The van der Waals surface area contributed by atoms with Gasteiger partial charge < -0.3 is 15.7 Å². The molecular weight excluding hydrogens is 244 g/mol. The van der Waals surface area contributed by atoms with Gasteiger partial charge in [0.05, 0.1) is 6.42 Å². The molecule has 0 bridgehead atoms. The lowest BCUT2D eigenvalue weighted by Crippen LogP contribution is -2.20. The monoisotopic (exact) mass is 266 g/mol. The van der Waals surface area contributed by atoms with E-state index in [0.29, 0.717) is 17.6 Å². The molecule has 1 rings (SSSR count). The molecule has 1 atom stereocenters. The molecule has 19 heavy (non-hydrogen) atoms. The maximum Gasteiger partial charge on any atom is 0.305 e. The quantitative estimate of drug-likeness (QED) is 0.700. The molecule has 1 heterocycles. The molecular formula is C13H22N4O2. The molecule has 0 amide bonds. The Morgan fingerprint density at radius 3 is 2.53 bits per heavy atom. The van der Waals surface area contributed by atoms with Crippen molar-refractivity contribution in [3.05, 3.63) is 11.9 Å². The number of aliphatic carboxylic acids is 1. The second kappa shape index (κ2) is 6.92. The largest absolute Gasteiger partial charge is 0.481 e. The Morgan fingerprint density at radius 2 is 1.95 bits per heavy atom. The van der Waals surface area contributed by atoms with Crippen LogP contribution in [0.25, 0.3) is 0 Å². The van der Waals surface area contributed by atoms with E-state index >= 15 is 0 Å². The summed E-state index contributed by atoms with van der Waals surface area (Å²) in [5, 5.41) is 15.0. The summed E-state index contributed by atoms with van der Waals surface area (Å²) >= 11 is 0. The van der Waals surface area contributed by atoms with Crippen molar-refractivity contribution in [3.63, 3.8) is 0 Å². The van der Waals surface area contributed by atoms with Gasteiger partial charge in [0.25, 0.3) is 0 Å². The van der Waals surface area contributed by atoms with E-state index < -0.39 is 5.97 Å². The molecule has 1 aromatic heterocycles. The summed E-state index contributed by atoms with van der Waals surface area (Å²) < 4.78 is 0. The number of anilines is 2. The fourth-order valence-electron chi connectivity index (χ4n) is 1.61. The van der Waals surface area contributed by atoms with Crippen LogP contribution >= 0.6 is 0 Å². The fraction of sp³-hybridized carbons (Fsp3) is 0.615. The van der Waals surface area contributed by atoms with E-state index in [9.17, 15) is 4.79 Å². The predicted octanol–water partition coefficient (Wildman–Crippen LogP) is 2.13. The van der Waals surface area contributed by atoms with Crippen LogP contribution in [0.15, 0.2) is 6.07 Å². The fourth-order valence-corrected chi connectivity index (χ4v) is 1.61. The average molecular weight is 266 g/mol. The molecule has 0 aliphatic heterocycles. The molecule has 6 heteroatoms. The topological polar surface area (TPSA) is 87.1 Å². The smallest absolute Gasteiger partial charge is 0.305 e. The minimum Gasteiger partial charge on any atom is -0.481 e. The van der Waals surface area contributed by atoms with Crippen LogP contribution < -0.4 is 10.6 Å². The molecule has 0 fully saturated rings. The maximum absolute atomic E-state index is 10.6. The van der Waals surface area contributed by atoms with Crippen molar-refractivity contribution in [2.75, 3.05) is 17.2 Å². The number of aryl methyl sites for hydroxylation is 1. The van der Waals surface area contributed by atoms with Gasteiger partial charge in [-0.05, 0) is 19.8 Å². The highest BCUT2D eigenvalue weighted by atomic mass is 16.4. The van der Waals surface area contributed by atoms with Gasteiger partial charge in [-0.15, -0.1) is 0 Å². The number of hydrogen-bond donors (Lipinski definition) is 3. The van der Waals surface area contributed by atoms with E-state index in [4.69, 9.17) is 5.11 Å². The highest BCUT2D eigenvalue weighted by Gasteiger charge is 2.09. The molecule has 0 aliphatic carbocycles. The summed E-state index contributed by atoms with van der Waals surface area (Å²) in [4.78, 5) is 19.2. The average Bonchev–Trinajstić information content (AvgIpc) is 2.24. The third kappa shape index (κ3) is 6.03. The number of rotatable bonds is 7. The van der Waals surface area contributed by atoms with Gasteiger partial charge in [0.2, 0.25) is 0 Å². The van der Waals surface area contributed by atoms with Gasteiger partial charge in [-0.2, -0.15) is 0 Å². The third-order valence-corrected chi connectivity index (χ3v) is 2.40. The van der Waals surface area contributed by atoms with E-state index in [1.165, 1.54) is 0 Å². The van der Waals surface area contributed by atoms with Gasteiger partial charge in [0.1, 0.15) is 17.5 Å². The van der Waals surface area contributed by atoms with Gasteiger partial charge in [0.15, 0.2) is 0 Å². The molecule has 3 N–H and O–H groups in total. The van der Waals surface area contributed by atoms with Crippen LogP contribution in [0.1, 0.15) is 33.0 Å². The van der Waals surface area contributed by atoms with Gasteiger partial charge in [-0.25, -0.2) is 9.97 Å². The zero-order valence-electron chi connectivity index (χ0n) is 11.9. The standard InChI is InChI=1S/C13H22N4O2/c1-8(2)7-14-11-6-12(17-10(4)16-11)15-9(3)5-13(18)19/h6,8-9H,5,7H2,1-4H3,(H,18,19)(H2,14,15,16,17). The lowest BCUT2D eigenvalue weighted by Gasteiger charge is -2.14. The van der Waals surface area contributed by atoms with Crippen molar-refractivity contribution in [2.45, 2.75) is 40.2 Å². The Kier molecular flexibility index (Phi) is 5.54. The number of aromatic nitrogens is 2. The van der Waals surface area contributed by atoms with E-state index in [1.807, 2.05) is 13.8 Å². The van der Waals surface area contributed by atoms with Crippen LogP contribution in [0, 0.1) is 12.8 Å². The van der Waals surface area contributed by atoms with Gasteiger partial charge >= 0.3 is 5.97 Å². The Bertz CT molecular complexity index is 435. The molecule has 0 spiro atoms. The first-order valence-corrected chi connectivity index (χ1v) is 6.44. The van der Waals surface area contributed by atoms with Crippen LogP contribution in [0.2, 0.25) is 0 Å². The second-order valence-electron chi connectivity index (χ2n) is 5.10. The van der Waals surface area contributed by atoms with E-state index in [-0.39, 0.29) is 12.5 Å². The number of carbonyl (C=O) groups is 1. The summed E-state index contributed by atoms with van der Waals surface area (Å²) in [5.41, 5.74) is 0. The van der Waals surface area contributed by atoms with E-state index in [1.54, 1.807) is 6.07 Å². The van der Waals surface area contributed by atoms with E-state index in [2.05, 4.69) is 34.4 Å². The van der Waals surface area contributed by atoms with Crippen molar-refractivity contribution in [1.29, 1.82) is 0 Å². The SMILES string of the molecule is Cc1nc(NCC(C)C)cc(NC(C)CC(=O)O)n1. The van der Waals surface area contributed by atoms with Crippen LogP contribution in [-0.2, 0) is 4.79 Å². The number of carboxylic acids is 1. The first-order chi connectivity index (χ1) is 8.86. The minimum absolute atomic E-state index is 0.0534. The summed E-state index contributed by atoms with van der Waals surface area (Å²) in [5.74, 6) is 1.75. The summed E-state index contributed by atoms with van der Waals surface area (Å²) in [7, 11) is 0. The maximum atomic E-state index is 10.6. The Hall–Kier alpha value is -1.85. The first-order valence-electron chi connectivity index (χ1n) is 6.44. The van der Waals surface area contributed by atoms with Crippen molar-refractivity contribution in [2.24, 2.45) is 5.92 Å². The van der Waals surface area contributed by atoms with Crippen molar-refractivity contribution in [1.82, 2.24) is 9.97 Å². The minimum atomic E-state index is -0.830. The number of nitrogens with zero attached hydrogens (tertiary/aromatic N) is 2. The van der Waals surface area contributed by atoms with Gasteiger partial charge in [-0.1, -0.05) is 13.8 Å². The van der Waals surface area contributed by atoms with Crippen LogP contribution in [0.4, 0.5) is 11.6 Å². The van der Waals surface area contributed by atoms with Gasteiger partial charge in [-0.3, -0.25) is 4.79 Å². The molecule has 0 aromatic carbocycles. The lowest BCUT2D eigenvalue weighted by atomic mass is 10.2. The highest BCUT2D eigenvalue weighted by Crippen LogP contribution is 2.13. The number of nitrogens with one attached hydrogen (secondary N) is 2. The zero-order valence-corrected chi connectivity index (χ0v) is 11.9. The molecule has 0 saturated carbocycles. The summed E-state index contributed by atoms with van der Waals surface area (Å²) in [6.07, 6.45) is 0.0534. The molecule has 0 saturated heterocycles. The van der Waals surface area contributed by atoms with Crippen molar-refractivity contribution in [3.8, 4) is 0 Å². The molecule has 1 unspecified atom stereocenters. The van der Waals surface area contributed by atoms with Crippen LogP contribution in [-0.4, -0.2) is 33.6 Å². The first kappa shape index (κ1) is 15.2. The van der Waals surface area contributed by atoms with Crippen molar-refractivity contribution < 1.29 is 9.90 Å². The molecule has 0 aliphatic rings. The van der Waals surface area contributed by atoms with E-state index in [0.717, 1.165) is 12.4 Å². The van der Waals surface area contributed by atoms with Crippen LogP contribution in [0.5, 0.6) is 0 Å². The van der Waals surface area contributed by atoms with Crippen LogP contribution in [0.3, 0.4) is 0 Å². The molecule has 6 nitrogen and oxygen atoms in total. The lowest BCUT2D eigenvalue weighted by molar-refractivity contribution is -0.137. The third-order valence-electron chi connectivity index (χ3n) is 2.40. The highest BCUT2D eigenvalue weighted by molar-refractivity contribution is 5.68. The Labute approximate surface area is 113 Å². The molecule has 1 aromatic rings. The molecule has 106 valence electrons. The van der Waals surface area contributed by atoms with Crippen molar-refractivity contribution >= 4 is 17.6 Å². The Morgan fingerprint density at radius 1 is 1.32 bits per heavy atom. The summed E-state index contributed by atoms with van der Waals surface area (Å²) in [6, 6.07) is 1.62. The summed E-state index contributed by atoms with van der Waals surface area (Å²) in [6.45, 7) is 8.70. The number of hydrogen-bond acceptors (Lipinski definition) is 5. The normalized spacial score (nSPS) is 12.3. The second-order valence-corrected chi connectivity index (χ2v) is 5.10. The number of carboxylic acid groups (broad SMARTS) is 1. The molecule has 0 radical (unpaired) electrons. The van der Waals surface area contributed by atoms with Gasteiger partial charge in [0, 0.05) is 18.7 Å². The predicted molar refractivity (Wildman–Crippen MR) is 75.4 cm³/mol. The zero-order chi connectivity index (χ0) is 14.4.